The molecule has 0 fully saturated rings. The van der Waals surface area contributed by atoms with Crippen molar-refractivity contribution in [2.45, 2.75) is 33.2 Å². The van der Waals surface area contributed by atoms with Crippen LogP contribution in [0, 0.1) is 6.92 Å². The topological polar surface area (TPSA) is 48.0 Å². The van der Waals surface area contributed by atoms with E-state index in [9.17, 15) is 4.79 Å². The van der Waals surface area contributed by atoms with Gasteiger partial charge in [0.05, 0.1) is 5.56 Å². The number of carbonyl (C=O) groups is 1. The van der Waals surface area contributed by atoms with Crippen molar-refractivity contribution in [1.82, 2.24) is 4.57 Å². The van der Waals surface area contributed by atoms with Crippen LogP contribution in [0.15, 0.2) is 84.9 Å². The van der Waals surface area contributed by atoms with Crippen molar-refractivity contribution in [1.29, 1.82) is 0 Å². The lowest BCUT2D eigenvalue weighted by molar-refractivity contribution is 0.1000. The summed E-state index contributed by atoms with van der Waals surface area (Å²) in [5, 5.41) is 0. The third-order valence-electron chi connectivity index (χ3n) is 5.83. The molecule has 3 nitrogen and oxygen atoms in total. The van der Waals surface area contributed by atoms with Gasteiger partial charge in [-0.1, -0.05) is 98.3 Å². The molecule has 0 aliphatic heterocycles. The molecule has 0 saturated heterocycles. The van der Waals surface area contributed by atoms with Crippen LogP contribution in [0.4, 0.5) is 0 Å². The van der Waals surface area contributed by atoms with Gasteiger partial charge in [-0.25, -0.2) is 0 Å². The quantitative estimate of drug-likeness (QED) is 0.387. The average Bonchev–Trinajstić information content (AvgIpc) is 3.07. The van der Waals surface area contributed by atoms with Crippen LogP contribution >= 0.6 is 0 Å². The smallest absolute Gasteiger partial charge is 0.251 e. The summed E-state index contributed by atoms with van der Waals surface area (Å²) in [4.78, 5) is 12.5. The Bertz CT molecular complexity index is 1170. The third-order valence-corrected chi connectivity index (χ3v) is 5.83. The first-order valence-corrected chi connectivity index (χ1v) is 10.8. The van der Waals surface area contributed by atoms with E-state index in [0.29, 0.717) is 5.56 Å². The van der Waals surface area contributed by atoms with Crippen molar-refractivity contribution in [3.05, 3.63) is 107 Å². The first-order chi connectivity index (χ1) is 15.1. The number of primary amides is 1. The van der Waals surface area contributed by atoms with E-state index in [1.54, 1.807) is 0 Å². The Morgan fingerprint density at radius 2 is 1.35 bits per heavy atom. The van der Waals surface area contributed by atoms with Crippen LogP contribution in [-0.4, -0.2) is 10.5 Å². The highest BCUT2D eigenvalue weighted by Crippen LogP contribution is 2.35. The van der Waals surface area contributed by atoms with E-state index >= 15 is 0 Å². The minimum atomic E-state index is -0.371. The number of hydrogen-bond donors (Lipinski definition) is 1. The largest absolute Gasteiger partial charge is 0.366 e. The van der Waals surface area contributed by atoms with Gasteiger partial charge < -0.3 is 10.3 Å². The summed E-state index contributed by atoms with van der Waals surface area (Å²) in [6.07, 6.45) is 1.88. The molecule has 1 heterocycles. The van der Waals surface area contributed by atoms with Gasteiger partial charge in [-0.15, -0.1) is 0 Å². The lowest BCUT2D eigenvalue weighted by Crippen LogP contribution is -2.13. The molecule has 4 aromatic rings. The van der Waals surface area contributed by atoms with Crippen molar-refractivity contribution in [3.63, 3.8) is 0 Å². The van der Waals surface area contributed by atoms with Gasteiger partial charge in [0.25, 0.3) is 5.91 Å². The summed E-state index contributed by atoms with van der Waals surface area (Å²) in [7, 11) is 0. The molecule has 0 atom stereocenters. The molecule has 0 aliphatic carbocycles. The minimum Gasteiger partial charge on any atom is -0.366 e. The second-order valence-corrected chi connectivity index (χ2v) is 7.91. The molecule has 1 amide bonds. The van der Waals surface area contributed by atoms with E-state index in [1.807, 2.05) is 43.3 Å². The summed E-state index contributed by atoms with van der Waals surface area (Å²) >= 11 is 0. The van der Waals surface area contributed by atoms with Crippen molar-refractivity contribution in [2.24, 2.45) is 5.73 Å². The van der Waals surface area contributed by atoms with Crippen LogP contribution in [0.1, 0.15) is 40.7 Å². The highest BCUT2D eigenvalue weighted by molar-refractivity contribution is 6.02. The van der Waals surface area contributed by atoms with Crippen molar-refractivity contribution in [3.8, 4) is 22.3 Å². The van der Waals surface area contributed by atoms with Crippen LogP contribution in [0.25, 0.3) is 22.3 Å². The monoisotopic (exact) mass is 408 g/mol. The van der Waals surface area contributed by atoms with E-state index < -0.39 is 0 Å². The lowest BCUT2D eigenvalue weighted by atomic mass is 9.96. The predicted molar refractivity (Wildman–Crippen MR) is 128 cm³/mol. The normalized spacial score (nSPS) is 10.9. The number of nitrogens with two attached hydrogens (primary N) is 1. The second-order valence-electron chi connectivity index (χ2n) is 7.91. The Balaban J connectivity index is 1.84. The van der Waals surface area contributed by atoms with E-state index in [-0.39, 0.29) is 5.91 Å². The molecule has 0 radical (unpaired) electrons. The average molecular weight is 409 g/mol. The van der Waals surface area contributed by atoms with Crippen LogP contribution in [0.2, 0.25) is 0 Å². The van der Waals surface area contributed by atoms with Gasteiger partial charge in [0, 0.05) is 23.5 Å². The zero-order valence-electron chi connectivity index (χ0n) is 18.1. The Morgan fingerprint density at radius 3 is 1.94 bits per heavy atom. The van der Waals surface area contributed by atoms with E-state index in [0.717, 1.165) is 41.8 Å². The number of carbonyl (C=O) groups excluding carboxylic acids is 1. The highest BCUT2D eigenvalue weighted by Gasteiger charge is 2.24. The Labute approximate surface area is 184 Å². The minimum absolute atomic E-state index is 0.371. The molecule has 3 heteroatoms. The summed E-state index contributed by atoms with van der Waals surface area (Å²) in [5.41, 5.74) is 14.2. The highest BCUT2D eigenvalue weighted by atomic mass is 16.1. The van der Waals surface area contributed by atoms with Crippen molar-refractivity contribution in [2.75, 3.05) is 0 Å². The number of aromatic nitrogens is 1. The fourth-order valence-electron chi connectivity index (χ4n) is 4.35. The van der Waals surface area contributed by atoms with E-state index in [4.69, 9.17) is 5.73 Å². The fourth-order valence-corrected chi connectivity index (χ4v) is 4.35. The molecular weight excluding hydrogens is 380 g/mol. The van der Waals surface area contributed by atoms with Gasteiger partial charge in [0.1, 0.15) is 0 Å². The van der Waals surface area contributed by atoms with Crippen LogP contribution in [-0.2, 0) is 13.0 Å². The summed E-state index contributed by atoms with van der Waals surface area (Å²) in [5.74, 6) is -0.371. The third kappa shape index (κ3) is 4.17. The molecule has 0 unspecified atom stereocenters. The molecule has 4 rings (SSSR count). The SMILES string of the molecule is CCCc1c(-c2ccc(-c3ccccc3)cc2)c(C(N)=O)c(C)n1Cc1ccccc1. The summed E-state index contributed by atoms with van der Waals surface area (Å²) in [6.45, 7) is 4.90. The molecule has 1 aromatic heterocycles. The van der Waals surface area contributed by atoms with Crippen molar-refractivity contribution < 1.29 is 4.79 Å². The predicted octanol–water partition coefficient (Wildman–Crippen LogP) is 6.23. The molecule has 3 aromatic carbocycles. The second kappa shape index (κ2) is 9.05. The standard InChI is InChI=1S/C28H28N2O/c1-3-10-25-27(24-17-15-23(16-18-24)22-13-8-5-9-14-22)26(28(29)31)20(2)30(25)19-21-11-6-4-7-12-21/h4-9,11-18H,3,10,19H2,1-2H3,(H2,29,31). The molecule has 2 N–H and O–H groups in total. The zero-order chi connectivity index (χ0) is 21.8. The maximum absolute atomic E-state index is 12.5. The van der Waals surface area contributed by atoms with Gasteiger partial charge in [-0.3, -0.25) is 4.79 Å². The van der Waals surface area contributed by atoms with Gasteiger partial charge in [-0.05, 0) is 35.6 Å². The molecule has 0 bridgehead atoms. The maximum atomic E-state index is 12.5. The summed E-state index contributed by atoms with van der Waals surface area (Å²) in [6, 6.07) is 29.1. The molecule has 0 spiro atoms. The zero-order valence-corrected chi connectivity index (χ0v) is 18.1. The first kappa shape index (κ1) is 20.7. The number of nitrogens with zero attached hydrogens (tertiary/aromatic N) is 1. The fraction of sp³-hybridized carbons (Fsp3) is 0.179. The first-order valence-electron chi connectivity index (χ1n) is 10.8. The Hall–Kier alpha value is -3.59. The number of amides is 1. The summed E-state index contributed by atoms with van der Waals surface area (Å²) < 4.78 is 2.26. The van der Waals surface area contributed by atoms with Gasteiger partial charge in [0.2, 0.25) is 0 Å². The Kier molecular flexibility index (Phi) is 6.03. The van der Waals surface area contributed by atoms with Crippen LogP contribution in [0.5, 0.6) is 0 Å². The van der Waals surface area contributed by atoms with Gasteiger partial charge in [-0.2, -0.15) is 0 Å². The Morgan fingerprint density at radius 1 is 0.806 bits per heavy atom. The van der Waals surface area contributed by atoms with Crippen LogP contribution < -0.4 is 5.73 Å². The molecular formula is C28H28N2O. The van der Waals surface area contributed by atoms with Gasteiger partial charge in [0.15, 0.2) is 0 Å². The number of benzene rings is 3. The molecule has 156 valence electrons. The number of rotatable bonds is 7. The number of hydrogen-bond acceptors (Lipinski definition) is 1. The van der Waals surface area contributed by atoms with Crippen molar-refractivity contribution >= 4 is 5.91 Å². The van der Waals surface area contributed by atoms with E-state index in [1.165, 1.54) is 16.8 Å². The maximum Gasteiger partial charge on any atom is 0.251 e. The van der Waals surface area contributed by atoms with E-state index in [2.05, 4.69) is 60.0 Å². The molecule has 0 saturated carbocycles. The molecule has 31 heavy (non-hydrogen) atoms. The lowest BCUT2D eigenvalue weighted by Gasteiger charge is -2.13. The molecule has 0 aliphatic rings. The van der Waals surface area contributed by atoms with Gasteiger partial charge >= 0.3 is 0 Å². The van der Waals surface area contributed by atoms with Crippen LogP contribution in [0.3, 0.4) is 0 Å².